The van der Waals surface area contributed by atoms with Crippen LogP contribution in [0.2, 0.25) is 0 Å². The zero-order chi connectivity index (χ0) is 15.3. The zero-order valence-electron chi connectivity index (χ0n) is 12.0. The molecule has 1 unspecified atom stereocenters. The fourth-order valence-corrected chi connectivity index (χ4v) is 1.99. The summed E-state index contributed by atoms with van der Waals surface area (Å²) in [5.41, 5.74) is 0. The fraction of sp³-hybridized carbons (Fsp3) is 0.600. The van der Waals surface area contributed by atoms with Gasteiger partial charge in [-0.3, -0.25) is 0 Å². The van der Waals surface area contributed by atoms with Crippen LogP contribution in [-0.4, -0.2) is 25.1 Å². The maximum Gasteiger partial charge on any atom is 0.573 e. The highest BCUT2D eigenvalue weighted by Crippen LogP contribution is 2.25. The van der Waals surface area contributed by atoms with Crippen molar-refractivity contribution in [2.45, 2.75) is 51.1 Å². The van der Waals surface area contributed by atoms with Crippen molar-refractivity contribution in [2.75, 3.05) is 6.54 Å². The van der Waals surface area contributed by atoms with Crippen molar-refractivity contribution >= 4 is 0 Å². The molecular weight excluding hydrogens is 283 g/mol. The minimum Gasteiger partial charge on any atom is -0.491 e. The second-order valence-corrected chi connectivity index (χ2v) is 5.32. The normalized spacial score (nSPS) is 16.6. The first-order valence-electron chi connectivity index (χ1n) is 7.18. The van der Waals surface area contributed by atoms with Crippen LogP contribution < -0.4 is 14.8 Å². The van der Waals surface area contributed by atoms with E-state index in [1.54, 1.807) is 0 Å². The number of ether oxygens (including phenoxy) is 2. The summed E-state index contributed by atoms with van der Waals surface area (Å²) in [5, 5.41) is 3.43. The Kier molecular flexibility index (Phi) is 5.33. The minimum atomic E-state index is -4.66. The molecule has 0 radical (unpaired) electrons. The number of alkyl halides is 3. The van der Waals surface area contributed by atoms with Crippen molar-refractivity contribution in [3.05, 3.63) is 24.3 Å². The molecule has 1 atom stereocenters. The topological polar surface area (TPSA) is 30.5 Å². The Morgan fingerprint density at radius 3 is 2.38 bits per heavy atom. The van der Waals surface area contributed by atoms with Crippen LogP contribution in [0.3, 0.4) is 0 Å². The monoisotopic (exact) mass is 303 g/mol. The largest absolute Gasteiger partial charge is 0.573 e. The van der Waals surface area contributed by atoms with Gasteiger partial charge in [0.15, 0.2) is 0 Å². The number of hydrogen-bond acceptors (Lipinski definition) is 3. The van der Waals surface area contributed by atoms with Crippen LogP contribution in [0.1, 0.15) is 32.6 Å². The first-order chi connectivity index (χ1) is 9.92. The Morgan fingerprint density at radius 1 is 1.19 bits per heavy atom. The molecule has 3 nitrogen and oxygen atoms in total. The molecule has 1 fully saturated rings. The van der Waals surface area contributed by atoms with Gasteiger partial charge in [0.05, 0.1) is 6.10 Å². The number of halogens is 3. The summed E-state index contributed by atoms with van der Waals surface area (Å²) < 4.78 is 45.5. The predicted molar refractivity (Wildman–Crippen MR) is 73.5 cm³/mol. The zero-order valence-corrected chi connectivity index (χ0v) is 12.0. The standard InChI is InChI=1S/C15H20F3NO2/c1-11(3-2-10-19-12-4-5-12)20-13-6-8-14(9-7-13)21-15(16,17)18/h6-9,11-12,19H,2-5,10H2,1H3. The van der Waals surface area contributed by atoms with Gasteiger partial charge >= 0.3 is 6.36 Å². The van der Waals surface area contributed by atoms with Gasteiger partial charge in [-0.1, -0.05) is 0 Å². The summed E-state index contributed by atoms with van der Waals surface area (Å²) in [6.45, 7) is 2.94. The van der Waals surface area contributed by atoms with Crippen LogP contribution in [-0.2, 0) is 0 Å². The van der Waals surface area contributed by atoms with Crippen molar-refractivity contribution in [3.8, 4) is 11.5 Å². The van der Waals surface area contributed by atoms with Crippen molar-refractivity contribution in [3.63, 3.8) is 0 Å². The number of hydrogen-bond donors (Lipinski definition) is 1. The lowest BCUT2D eigenvalue weighted by molar-refractivity contribution is -0.274. The van der Waals surface area contributed by atoms with E-state index in [4.69, 9.17) is 4.74 Å². The van der Waals surface area contributed by atoms with Crippen LogP contribution in [0.15, 0.2) is 24.3 Å². The van der Waals surface area contributed by atoms with Gasteiger partial charge in [0.2, 0.25) is 0 Å². The van der Waals surface area contributed by atoms with Gasteiger partial charge in [0.25, 0.3) is 0 Å². The van der Waals surface area contributed by atoms with Gasteiger partial charge in [-0.25, -0.2) is 0 Å². The highest BCUT2D eigenvalue weighted by Gasteiger charge is 2.31. The van der Waals surface area contributed by atoms with E-state index in [0.717, 1.165) is 19.4 Å². The quantitative estimate of drug-likeness (QED) is 0.739. The lowest BCUT2D eigenvalue weighted by atomic mass is 10.2. The van der Waals surface area contributed by atoms with E-state index >= 15 is 0 Å². The Hall–Kier alpha value is -1.43. The van der Waals surface area contributed by atoms with Crippen molar-refractivity contribution < 1.29 is 22.6 Å². The SMILES string of the molecule is CC(CCCNC1CC1)Oc1ccc(OC(F)(F)F)cc1. The molecule has 1 saturated carbocycles. The van der Waals surface area contributed by atoms with E-state index < -0.39 is 6.36 Å². The molecule has 1 aliphatic rings. The summed E-state index contributed by atoms with van der Waals surface area (Å²) >= 11 is 0. The van der Waals surface area contributed by atoms with Gasteiger partial charge < -0.3 is 14.8 Å². The average Bonchev–Trinajstić information content (AvgIpc) is 3.19. The number of nitrogens with one attached hydrogen (secondary N) is 1. The summed E-state index contributed by atoms with van der Waals surface area (Å²) in [6.07, 6.45) is -0.158. The van der Waals surface area contributed by atoms with Crippen LogP contribution in [0.4, 0.5) is 13.2 Å². The Labute approximate surface area is 122 Å². The first-order valence-corrected chi connectivity index (χ1v) is 7.18. The van der Waals surface area contributed by atoms with E-state index in [1.165, 1.54) is 37.1 Å². The molecular formula is C15H20F3NO2. The molecule has 0 bridgehead atoms. The average molecular weight is 303 g/mol. The minimum absolute atomic E-state index is 0.0281. The Balaban J connectivity index is 1.68. The molecule has 1 aromatic carbocycles. The number of rotatable bonds is 8. The number of benzene rings is 1. The van der Waals surface area contributed by atoms with Gasteiger partial charge in [-0.2, -0.15) is 0 Å². The van der Waals surface area contributed by atoms with E-state index in [-0.39, 0.29) is 11.9 Å². The predicted octanol–water partition coefficient (Wildman–Crippen LogP) is 3.88. The van der Waals surface area contributed by atoms with Crippen LogP contribution in [0, 0.1) is 0 Å². The van der Waals surface area contributed by atoms with Gasteiger partial charge in [0.1, 0.15) is 11.5 Å². The van der Waals surface area contributed by atoms with Crippen molar-refractivity contribution in [1.82, 2.24) is 5.32 Å². The Bertz CT molecular complexity index is 430. The third kappa shape index (κ3) is 6.71. The fourth-order valence-electron chi connectivity index (χ4n) is 1.99. The van der Waals surface area contributed by atoms with Crippen molar-refractivity contribution in [1.29, 1.82) is 0 Å². The van der Waals surface area contributed by atoms with E-state index in [9.17, 15) is 13.2 Å². The van der Waals surface area contributed by atoms with Gasteiger partial charge in [-0.15, -0.1) is 13.2 Å². The summed E-state index contributed by atoms with van der Waals surface area (Å²) in [5.74, 6) is 0.309. The smallest absolute Gasteiger partial charge is 0.491 e. The van der Waals surface area contributed by atoms with Gasteiger partial charge in [0, 0.05) is 6.04 Å². The van der Waals surface area contributed by atoms with Crippen LogP contribution in [0.5, 0.6) is 11.5 Å². The molecule has 1 N–H and O–H groups in total. The molecule has 6 heteroatoms. The summed E-state index contributed by atoms with van der Waals surface area (Å²) in [4.78, 5) is 0. The van der Waals surface area contributed by atoms with Crippen LogP contribution in [0.25, 0.3) is 0 Å². The van der Waals surface area contributed by atoms with Crippen LogP contribution >= 0.6 is 0 Å². The third-order valence-corrected chi connectivity index (χ3v) is 3.19. The third-order valence-electron chi connectivity index (χ3n) is 3.19. The second-order valence-electron chi connectivity index (χ2n) is 5.32. The molecule has 1 aromatic rings. The molecule has 0 aliphatic heterocycles. The van der Waals surface area contributed by atoms with Crippen molar-refractivity contribution in [2.24, 2.45) is 0 Å². The molecule has 0 heterocycles. The highest BCUT2D eigenvalue weighted by atomic mass is 19.4. The molecule has 2 rings (SSSR count). The molecule has 21 heavy (non-hydrogen) atoms. The van der Waals surface area contributed by atoms with E-state index in [1.807, 2.05) is 6.92 Å². The highest BCUT2D eigenvalue weighted by molar-refractivity contribution is 5.31. The maximum atomic E-state index is 12.0. The molecule has 1 aliphatic carbocycles. The lowest BCUT2D eigenvalue weighted by Gasteiger charge is -2.15. The van der Waals surface area contributed by atoms with E-state index in [0.29, 0.717) is 11.8 Å². The molecule has 0 saturated heterocycles. The van der Waals surface area contributed by atoms with E-state index in [2.05, 4.69) is 10.1 Å². The molecule has 0 aromatic heterocycles. The summed E-state index contributed by atoms with van der Waals surface area (Å²) in [7, 11) is 0. The Morgan fingerprint density at radius 2 is 1.81 bits per heavy atom. The first kappa shape index (κ1) is 15.9. The molecule has 0 amide bonds. The molecule has 0 spiro atoms. The lowest BCUT2D eigenvalue weighted by Crippen LogP contribution is -2.20. The maximum absolute atomic E-state index is 12.0. The molecule has 118 valence electrons. The van der Waals surface area contributed by atoms with Gasteiger partial charge in [-0.05, 0) is 63.4 Å². The second kappa shape index (κ2) is 7.02. The summed E-state index contributed by atoms with van der Waals surface area (Å²) in [6, 6.07) is 6.19.